The highest BCUT2D eigenvalue weighted by molar-refractivity contribution is 8.33. The van der Waals surface area contributed by atoms with Crippen LogP contribution in [0.4, 0.5) is 0 Å². The average Bonchev–Trinajstić information content (AvgIpc) is 1.88. The quantitative estimate of drug-likeness (QED) is 0.610. The molecule has 0 aromatic carbocycles. The first-order chi connectivity index (χ1) is 4.61. The molecule has 0 radical (unpaired) electrons. The summed E-state index contributed by atoms with van der Waals surface area (Å²) >= 11 is 6.38. The van der Waals surface area contributed by atoms with Crippen LogP contribution in [-0.4, -0.2) is 22.4 Å². The molecule has 0 aliphatic carbocycles. The van der Waals surface area contributed by atoms with Gasteiger partial charge >= 0.3 is 0 Å². The molecule has 0 nitrogen and oxygen atoms in total. The minimum atomic E-state index is -0.844. The van der Waals surface area contributed by atoms with Gasteiger partial charge in [-0.05, 0) is 0 Å². The van der Waals surface area contributed by atoms with Crippen molar-refractivity contribution in [3.63, 3.8) is 0 Å². The smallest absolute Gasteiger partial charge is 0.0713 e. The fourth-order valence-corrected chi connectivity index (χ4v) is 10.1. The molecule has 0 spiro atoms. The Morgan fingerprint density at radius 3 is 1.90 bits per heavy atom. The summed E-state index contributed by atoms with van der Waals surface area (Å²) in [5, 5.41) is 2.64. The molecule has 1 fully saturated rings. The van der Waals surface area contributed by atoms with E-state index in [9.17, 15) is 0 Å². The lowest BCUT2D eigenvalue weighted by Gasteiger charge is -2.30. The lowest BCUT2D eigenvalue weighted by molar-refractivity contribution is 1.60. The second-order valence-electron chi connectivity index (χ2n) is 3.47. The molecule has 0 aromatic rings. The van der Waals surface area contributed by atoms with Gasteiger partial charge in [-0.15, -0.1) is 35.3 Å². The predicted octanol–water partition coefficient (Wildman–Crippen LogP) is 3.32. The molecule has 10 heavy (non-hydrogen) atoms. The van der Waals surface area contributed by atoms with Crippen LogP contribution in [0.2, 0.25) is 19.6 Å². The van der Waals surface area contributed by atoms with E-state index in [-0.39, 0.29) is 0 Å². The van der Waals surface area contributed by atoms with Gasteiger partial charge in [-0.2, -0.15) is 0 Å². The SMILES string of the molecule is C[Si](C)(C)C1SCSCS1. The van der Waals surface area contributed by atoms with Crippen LogP contribution >= 0.6 is 35.3 Å². The van der Waals surface area contributed by atoms with Crippen molar-refractivity contribution in [1.29, 1.82) is 0 Å². The lowest BCUT2D eigenvalue weighted by atomic mass is 11.7. The summed E-state index contributed by atoms with van der Waals surface area (Å²) < 4.78 is 0.953. The molecule has 0 saturated carbocycles. The fourth-order valence-electron chi connectivity index (χ4n) is 0.802. The van der Waals surface area contributed by atoms with Gasteiger partial charge < -0.3 is 0 Å². The first kappa shape index (κ1) is 9.36. The zero-order valence-corrected chi connectivity index (χ0v) is 10.2. The Balaban J connectivity index is 2.39. The van der Waals surface area contributed by atoms with Crippen molar-refractivity contribution < 1.29 is 0 Å². The molecule has 0 unspecified atom stereocenters. The minimum Gasteiger partial charge on any atom is -0.140 e. The van der Waals surface area contributed by atoms with Gasteiger partial charge in [0.2, 0.25) is 0 Å². The number of rotatable bonds is 1. The van der Waals surface area contributed by atoms with Crippen molar-refractivity contribution in [3.8, 4) is 0 Å². The van der Waals surface area contributed by atoms with Crippen LogP contribution in [0.3, 0.4) is 0 Å². The molecular weight excluding hydrogens is 196 g/mol. The van der Waals surface area contributed by atoms with Crippen LogP contribution in [-0.2, 0) is 0 Å². The van der Waals surface area contributed by atoms with Crippen molar-refractivity contribution in [2.24, 2.45) is 0 Å². The predicted molar refractivity (Wildman–Crippen MR) is 59.6 cm³/mol. The molecule has 0 N–H and O–H groups in total. The van der Waals surface area contributed by atoms with Crippen LogP contribution in [0.15, 0.2) is 0 Å². The van der Waals surface area contributed by atoms with Gasteiger partial charge in [0.15, 0.2) is 0 Å². The zero-order valence-electron chi connectivity index (χ0n) is 6.72. The van der Waals surface area contributed by atoms with Crippen LogP contribution in [0, 0.1) is 0 Å². The largest absolute Gasteiger partial charge is 0.140 e. The molecule has 60 valence electrons. The zero-order chi connectivity index (χ0) is 7.61. The van der Waals surface area contributed by atoms with Gasteiger partial charge in [0.1, 0.15) is 0 Å². The molecular formula is C6H14S3Si. The summed E-state index contributed by atoms with van der Waals surface area (Å²) in [5.41, 5.74) is 0. The summed E-state index contributed by atoms with van der Waals surface area (Å²) in [4.78, 5) is 0. The van der Waals surface area contributed by atoms with Crippen molar-refractivity contribution in [2.45, 2.75) is 23.8 Å². The molecule has 1 heterocycles. The molecule has 1 saturated heterocycles. The summed E-state index contributed by atoms with van der Waals surface area (Å²) in [5.74, 6) is 0. The summed E-state index contributed by atoms with van der Waals surface area (Å²) in [7, 11) is -0.844. The molecule has 0 atom stereocenters. The molecule has 1 rings (SSSR count). The normalized spacial score (nSPS) is 23.1. The van der Waals surface area contributed by atoms with Crippen LogP contribution in [0.25, 0.3) is 0 Å². The molecule has 0 amide bonds. The minimum absolute atomic E-state index is 0.844. The van der Waals surface area contributed by atoms with Crippen molar-refractivity contribution in [3.05, 3.63) is 0 Å². The Kier molecular flexibility index (Phi) is 3.54. The van der Waals surface area contributed by atoms with Gasteiger partial charge in [0.05, 0.1) is 8.07 Å². The Morgan fingerprint density at radius 2 is 1.60 bits per heavy atom. The van der Waals surface area contributed by atoms with Gasteiger partial charge in [0, 0.05) is 14.4 Å². The number of thioether (sulfide) groups is 3. The molecule has 0 aromatic heterocycles. The monoisotopic (exact) mass is 210 g/mol. The highest BCUT2D eigenvalue weighted by atomic mass is 32.3. The van der Waals surface area contributed by atoms with E-state index >= 15 is 0 Å². The van der Waals surface area contributed by atoms with Crippen LogP contribution in [0.1, 0.15) is 0 Å². The first-order valence-corrected chi connectivity index (χ1v) is 10.2. The Bertz CT molecular complexity index is 104. The van der Waals surface area contributed by atoms with Crippen molar-refractivity contribution in [1.82, 2.24) is 0 Å². The second-order valence-corrected chi connectivity index (χ2v) is 13.8. The van der Waals surface area contributed by atoms with E-state index < -0.39 is 8.07 Å². The molecule has 4 heteroatoms. The van der Waals surface area contributed by atoms with E-state index in [0.717, 1.165) is 4.21 Å². The van der Waals surface area contributed by atoms with Gasteiger partial charge in [-0.1, -0.05) is 19.6 Å². The highest BCUT2D eigenvalue weighted by Gasteiger charge is 2.29. The summed E-state index contributed by atoms with van der Waals surface area (Å²) in [6.45, 7) is 7.40. The molecule has 1 aliphatic heterocycles. The van der Waals surface area contributed by atoms with Gasteiger partial charge in [-0.25, -0.2) is 0 Å². The average molecular weight is 210 g/mol. The third-order valence-electron chi connectivity index (χ3n) is 1.31. The Labute approximate surface area is 77.3 Å². The van der Waals surface area contributed by atoms with Gasteiger partial charge in [-0.3, -0.25) is 0 Å². The third kappa shape index (κ3) is 2.72. The maximum absolute atomic E-state index is 2.47. The first-order valence-electron chi connectivity index (χ1n) is 3.41. The topological polar surface area (TPSA) is 0 Å². The maximum atomic E-state index is 2.47. The van der Waals surface area contributed by atoms with Gasteiger partial charge in [0.25, 0.3) is 0 Å². The second kappa shape index (κ2) is 3.78. The summed E-state index contributed by atoms with van der Waals surface area (Å²) in [6.07, 6.45) is 0. The van der Waals surface area contributed by atoms with E-state index in [1.54, 1.807) is 0 Å². The van der Waals surface area contributed by atoms with E-state index in [1.807, 2.05) is 0 Å². The Hall–Kier alpha value is 1.27. The standard InChI is InChI=1S/C6H14S3Si/c1-10(2,3)6-8-4-7-5-9-6/h6H,4-5H2,1-3H3. The van der Waals surface area contributed by atoms with E-state index in [2.05, 4.69) is 54.9 Å². The van der Waals surface area contributed by atoms with Crippen molar-refractivity contribution >= 4 is 43.4 Å². The van der Waals surface area contributed by atoms with E-state index in [0.29, 0.717) is 0 Å². The number of hydrogen-bond donors (Lipinski definition) is 0. The third-order valence-corrected chi connectivity index (χ3v) is 11.8. The maximum Gasteiger partial charge on any atom is 0.0713 e. The molecule has 0 bridgehead atoms. The Morgan fingerprint density at radius 1 is 1.10 bits per heavy atom. The van der Waals surface area contributed by atoms with E-state index in [1.165, 1.54) is 10.2 Å². The fraction of sp³-hybridized carbons (Fsp3) is 1.00. The van der Waals surface area contributed by atoms with E-state index in [4.69, 9.17) is 0 Å². The van der Waals surface area contributed by atoms with Crippen LogP contribution < -0.4 is 0 Å². The highest BCUT2D eigenvalue weighted by Crippen LogP contribution is 2.40. The lowest BCUT2D eigenvalue weighted by Crippen LogP contribution is -2.34. The van der Waals surface area contributed by atoms with Crippen LogP contribution in [0.5, 0.6) is 0 Å². The number of hydrogen-bond acceptors (Lipinski definition) is 3. The molecule has 1 aliphatic rings. The summed E-state index contributed by atoms with van der Waals surface area (Å²) in [6, 6.07) is 0. The van der Waals surface area contributed by atoms with Crippen molar-refractivity contribution in [2.75, 3.05) is 10.2 Å².